The SMILES string of the molecule is O=[N+]([O-])c1cccc(Br)c1OC[C@H]1CCCCN1. The third kappa shape index (κ3) is 3.20. The Bertz CT molecular complexity index is 433. The zero-order chi connectivity index (χ0) is 13.0. The Morgan fingerprint density at radius 1 is 1.50 bits per heavy atom. The van der Waals surface area contributed by atoms with E-state index in [0.29, 0.717) is 16.8 Å². The molecular weight excluding hydrogens is 300 g/mol. The second-order valence-electron chi connectivity index (χ2n) is 4.30. The van der Waals surface area contributed by atoms with Crippen molar-refractivity contribution in [3.63, 3.8) is 0 Å². The number of halogens is 1. The van der Waals surface area contributed by atoms with Gasteiger partial charge in [0.15, 0.2) is 0 Å². The molecule has 18 heavy (non-hydrogen) atoms. The molecule has 0 aliphatic carbocycles. The Balaban J connectivity index is 2.05. The van der Waals surface area contributed by atoms with Gasteiger partial charge in [-0.1, -0.05) is 12.5 Å². The lowest BCUT2D eigenvalue weighted by Crippen LogP contribution is -2.38. The van der Waals surface area contributed by atoms with Crippen LogP contribution in [0.4, 0.5) is 5.69 Å². The molecule has 0 bridgehead atoms. The molecule has 1 saturated heterocycles. The van der Waals surface area contributed by atoms with Crippen LogP contribution in [-0.4, -0.2) is 24.1 Å². The van der Waals surface area contributed by atoms with E-state index in [0.717, 1.165) is 13.0 Å². The molecule has 0 amide bonds. The molecule has 6 heteroatoms. The van der Waals surface area contributed by atoms with Crippen LogP contribution < -0.4 is 10.1 Å². The molecule has 98 valence electrons. The van der Waals surface area contributed by atoms with E-state index in [1.807, 2.05) is 0 Å². The topological polar surface area (TPSA) is 64.4 Å². The number of hydrogen-bond donors (Lipinski definition) is 1. The van der Waals surface area contributed by atoms with Gasteiger partial charge < -0.3 is 10.1 Å². The van der Waals surface area contributed by atoms with Crippen LogP contribution in [0.2, 0.25) is 0 Å². The van der Waals surface area contributed by atoms with Crippen molar-refractivity contribution in [2.45, 2.75) is 25.3 Å². The summed E-state index contributed by atoms with van der Waals surface area (Å²) in [6, 6.07) is 5.12. The largest absolute Gasteiger partial charge is 0.484 e. The maximum absolute atomic E-state index is 10.9. The van der Waals surface area contributed by atoms with E-state index in [1.54, 1.807) is 12.1 Å². The lowest BCUT2D eigenvalue weighted by atomic mass is 10.1. The predicted molar refractivity (Wildman–Crippen MR) is 71.9 cm³/mol. The van der Waals surface area contributed by atoms with Gasteiger partial charge in [0, 0.05) is 12.1 Å². The molecule has 1 aromatic rings. The van der Waals surface area contributed by atoms with Crippen molar-refractivity contribution in [3.8, 4) is 5.75 Å². The molecule has 1 heterocycles. The fraction of sp³-hybridized carbons (Fsp3) is 0.500. The summed E-state index contributed by atoms with van der Waals surface area (Å²) in [5.41, 5.74) is 0.000171. The highest BCUT2D eigenvalue weighted by atomic mass is 79.9. The van der Waals surface area contributed by atoms with Crippen molar-refractivity contribution < 1.29 is 9.66 Å². The van der Waals surface area contributed by atoms with Gasteiger partial charge in [0.25, 0.3) is 0 Å². The highest BCUT2D eigenvalue weighted by Crippen LogP contribution is 2.34. The summed E-state index contributed by atoms with van der Waals surface area (Å²) in [6.07, 6.45) is 3.42. The van der Waals surface area contributed by atoms with Crippen LogP contribution in [0, 0.1) is 10.1 Å². The summed E-state index contributed by atoms with van der Waals surface area (Å²) in [4.78, 5) is 10.5. The first-order valence-electron chi connectivity index (χ1n) is 5.97. The van der Waals surface area contributed by atoms with E-state index in [-0.39, 0.29) is 11.7 Å². The Hall–Kier alpha value is -1.14. The lowest BCUT2D eigenvalue weighted by Gasteiger charge is -2.23. The number of nitro benzene ring substituents is 1. The first-order chi connectivity index (χ1) is 8.68. The van der Waals surface area contributed by atoms with E-state index < -0.39 is 4.92 Å². The third-order valence-corrected chi connectivity index (χ3v) is 3.61. The van der Waals surface area contributed by atoms with Crippen LogP contribution in [0.3, 0.4) is 0 Å². The minimum atomic E-state index is -0.422. The molecular formula is C12H15BrN2O3. The van der Waals surface area contributed by atoms with Gasteiger partial charge in [-0.2, -0.15) is 0 Å². The number of nitrogens with zero attached hydrogens (tertiary/aromatic N) is 1. The summed E-state index contributed by atoms with van der Waals surface area (Å²) in [5, 5.41) is 14.3. The lowest BCUT2D eigenvalue weighted by molar-refractivity contribution is -0.386. The highest BCUT2D eigenvalue weighted by molar-refractivity contribution is 9.10. The number of para-hydroxylation sites is 1. The Morgan fingerprint density at radius 2 is 2.33 bits per heavy atom. The molecule has 0 radical (unpaired) electrons. The van der Waals surface area contributed by atoms with Crippen LogP contribution in [0.1, 0.15) is 19.3 Å². The van der Waals surface area contributed by atoms with Crippen LogP contribution in [0.25, 0.3) is 0 Å². The van der Waals surface area contributed by atoms with Crippen molar-refractivity contribution in [1.82, 2.24) is 5.32 Å². The van der Waals surface area contributed by atoms with E-state index in [2.05, 4.69) is 21.2 Å². The molecule has 1 fully saturated rings. The Morgan fingerprint density at radius 3 is 3.00 bits per heavy atom. The van der Waals surface area contributed by atoms with Gasteiger partial charge >= 0.3 is 5.69 Å². The normalized spacial score (nSPS) is 19.5. The molecule has 2 rings (SSSR count). The van der Waals surface area contributed by atoms with E-state index in [9.17, 15) is 10.1 Å². The van der Waals surface area contributed by atoms with Crippen LogP contribution in [0.15, 0.2) is 22.7 Å². The van der Waals surface area contributed by atoms with E-state index >= 15 is 0 Å². The summed E-state index contributed by atoms with van der Waals surface area (Å²) < 4.78 is 6.24. The number of nitrogens with one attached hydrogen (secondary N) is 1. The molecule has 0 saturated carbocycles. The minimum absolute atomic E-state index is 0.000171. The molecule has 1 aliphatic rings. The fourth-order valence-corrected chi connectivity index (χ4v) is 2.50. The van der Waals surface area contributed by atoms with Gasteiger partial charge in [-0.25, -0.2) is 0 Å². The molecule has 0 unspecified atom stereocenters. The number of hydrogen-bond acceptors (Lipinski definition) is 4. The van der Waals surface area contributed by atoms with Crippen LogP contribution >= 0.6 is 15.9 Å². The van der Waals surface area contributed by atoms with Gasteiger partial charge in [0.1, 0.15) is 6.61 Å². The molecule has 0 aromatic heterocycles. The second-order valence-corrected chi connectivity index (χ2v) is 5.16. The maximum Gasteiger partial charge on any atom is 0.312 e. The number of piperidine rings is 1. The van der Waals surface area contributed by atoms with Gasteiger partial charge in [-0.3, -0.25) is 10.1 Å². The van der Waals surface area contributed by atoms with Crippen molar-refractivity contribution in [2.24, 2.45) is 0 Å². The minimum Gasteiger partial charge on any atom is -0.484 e. The monoisotopic (exact) mass is 314 g/mol. The highest BCUT2D eigenvalue weighted by Gasteiger charge is 2.20. The molecule has 5 nitrogen and oxygen atoms in total. The Labute approximate surface area is 114 Å². The maximum atomic E-state index is 10.9. The van der Waals surface area contributed by atoms with E-state index in [4.69, 9.17) is 4.74 Å². The smallest absolute Gasteiger partial charge is 0.312 e. The van der Waals surface area contributed by atoms with Crippen molar-refractivity contribution in [1.29, 1.82) is 0 Å². The summed E-state index contributed by atoms with van der Waals surface area (Å²) in [7, 11) is 0. The summed E-state index contributed by atoms with van der Waals surface area (Å²) >= 11 is 3.29. The average Bonchev–Trinajstić information content (AvgIpc) is 2.38. The summed E-state index contributed by atoms with van der Waals surface area (Å²) in [5.74, 6) is 0.315. The number of nitro groups is 1. The van der Waals surface area contributed by atoms with Crippen molar-refractivity contribution in [3.05, 3.63) is 32.8 Å². The second kappa shape index (κ2) is 6.15. The third-order valence-electron chi connectivity index (χ3n) is 2.98. The molecule has 1 N–H and O–H groups in total. The van der Waals surface area contributed by atoms with Gasteiger partial charge in [0.05, 0.1) is 9.40 Å². The van der Waals surface area contributed by atoms with Gasteiger partial charge in [-0.05, 0) is 41.4 Å². The Kier molecular flexibility index (Phi) is 4.54. The van der Waals surface area contributed by atoms with Crippen LogP contribution in [-0.2, 0) is 0 Å². The van der Waals surface area contributed by atoms with Crippen LogP contribution in [0.5, 0.6) is 5.75 Å². The van der Waals surface area contributed by atoms with Gasteiger partial charge in [-0.15, -0.1) is 0 Å². The molecule has 1 atom stereocenters. The first kappa shape index (κ1) is 13.3. The zero-order valence-corrected chi connectivity index (χ0v) is 11.5. The van der Waals surface area contributed by atoms with Crippen molar-refractivity contribution in [2.75, 3.05) is 13.2 Å². The van der Waals surface area contributed by atoms with Crippen molar-refractivity contribution >= 4 is 21.6 Å². The number of benzene rings is 1. The first-order valence-corrected chi connectivity index (χ1v) is 6.77. The number of ether oxygens (including phenoxy) is 1. The van der Waals surface area contributed by atoms with E-state index in [1.165, 1.54) is 18.9 Å². The average molecular weight is 315 g/mol. The fourth-order valence-electron chi connectivity index (χ4n) is 2.03. The predicted octanol–water partition coefficient (Wildman–Crippen LogP) is 2.88. The molecule has 1 aliphatic heterocycles. The standard InChI is InChI=1S/C12H15BrN2O3/c13-10-5-3-6-11(15(16)17)12(10)18-8-9-4-1-2-7-14-9/h3,5-6,9,14H,1-2,4,7-8H2/t9-/m1/s1. The zero-order valence-electron chi connectivity index (χ0n) is 9.89. The molecule has 0 spiro atoms. The number of rotatable bonds is 4. The summed E-state index contributed by atoms with van der Waals surface area (Å²) in [6.45, 7) is 1.45. The molecule has 1 aromatic carbocycles. The van der Waals surface area contributed by atoms with Gasteiger partial charge in [0.2, 0.25) is 5.75 Å². The quantitative estimate of drug-likeness (QED) is 0.685.